The van der Waals surface area contributed by atoms with Crippen molar-refractivity contribution >= 4 is 39.1 Å². The summed E-state index contributed by atoms with van der Waals surface area (Å²) in [6, 6.07) is 16.1. The van der Waals surface area contributed by atoms with Gasteiger partial charge in [0.25, 0.3) is 21.8 Å². The van der Waals surface area contributed by atoms with Crippen LogP contribution in [0.1, 0.15) is 20.7 Å². The minimum Gasteiger partial charge on any atom is -0.280 e. The number of carbonyl (C=O) groups is 2. The van der Waals surface area contributed by atoms with Gasteiger partial charge >= 0.3 is 0 Å². The highest BCUT2D eigenvalue weighted by atomic mass is 35.5. The molecule has 0 aliphatic rings. The van der Waals surface area contributed by atoms with Gasteiger partial charge in [0, 0.05) is 21.8 Å². The van der Waals surface area contributed by atoms with Crippen LogP contribution >= 0.6 is 11.6 Å². The van der Waals surface area contributed by atoms with Gasteiger partial charge in [-0.1, -0.05) is 17.7 Å². The molecular formula is C20H15ClFN3O4S. The lowest BCUT2D eigenvalue weighted by Gasteiger charge is -2.10. The van der Waals surface area contributed by atoms with E-state index in [1.807, 2.05) is 0 Å². The molecule has 0 aliphatic carbocycles. The van der Waals surface area contributed by atoms with Crippen molar-refractivity contribution < 1.29 is 22.4 Å². The van der Waals surface area contributed by atoms with Gasteiger partial charge in [-0.3, -0.25) is 25.2 Å². The highest BCUT2D eigenvalue weighted by Gasteiger charge is 2.17. The Balaban J connectivity index is 1.69. The van der Waals surface area contributed by atoms with E-state index in [1.54, 1.807) is 0 Å². The van der Waals surface area contributed by atoms with Crippen LogP contribution in [0.25, 0.3) is 0 Å². The third kappa shape index (κ3) is 5.34. The molecule has 3 aromatic carbocycles. The lowest BCUT2D eigenvalue weighted by atomic mass is 10.2. The van der Waals surface area contributed by atoms with E-state index >= 15 is 0 Å². The van der Waals surface area contributed by atoms with Gasteiger partial charge in [-0.25, -0.2) is 12.8 Å². The van der Waals surface area contributed by atoms with Gasteiger partial charge < -0.3 is 0 Å². The molecule has 30 heavy (non-hydrogen) atoms. The number of sulfonamides is 1. The molecule has 7 nitrogen and oxygen atoms in total. The third-order valence-corrected chi connectivity index (χ3v) is 5.53. The van der Waals surface area contributed by atoms with Crippen molar-refractivity contribution in [1.29, 1.82) is 0 Å². The minimum absolute atomic E-state index is 0.00777. The Kier molecular flexibility index (Phi) is 6.34. The smallest absolute Gasteiger partial charge is 0.269 e. The van der Waals surface area contributed by atoms with Gasteiger partial charge in [0.05, 0.1) is 4.90 Å². The zero-order valence-corrected chi connectivity index (χ0v) is 16.8. The van der Waals surface area contributed by atoms with Crippen molar-refractivity contribution in [1.82, 2.24) is 10.9 Å². The molecule has 0 aliphatic heterocycles. The van der Waals surface area contributed by atoms with Crippen LogP contribution in [-0.4, -0.2) is 20.2 Å². The van der Waals surface area contributed by atoms with E-state index in [2.05, 4.69) is 15.6 Å². The molecule has 0 unspecified atom stereocenters. The van der Waals surface area contributed by atoms with Gasteiger partial charge in [0.2, 0.25) is 0 Å². The number of carbonyl (C=O) groups excluding carboxylic acids is 2. The average molecular weight is 448 g/mol. The first-order valence-corrected chi connectivity index (χ1v) is 10.4. The number of hydrogen-bond acceptors (Lipinski definition) is 4. The van der Waals surface area contributed by atoms with Crippen molar-refractivity contribution in [3.63, 3.8) is 0 Å². The third-order valence-electron chi connectivity index (χ3n) is 3.90. The molecule has 0 saturated carbocycles. The lowest BCUT2D eigenvalue weighted by molar-refractivity contribution is 0.0846. The standard InChI is InChI=1S/C20H15ClFN3O4S/c21-15-6-10-17(11-7-15)25-30(28,29)18-3-1-2-14(12-18)20(27)24-23-19(26)13-4-8-16(22)9-5-13/h1-12,25H,(H,23,26)(H,24,27). The summed E-state index contributed by atoms with van der Waals surface area (Å²) in [6.07, 6.45) is 0. The molecule has 2 amide bonds. The molecule has 0 spiro atoms. The maximum atomic E-state index is 12.9. The van der Waals surface area contributed by atoms with Gasteiger partial charge in [0.1, 0.15) is 5.82 Å². The average Bonchev–Trinajstić information content (AvgIpc) is 2.74. The Labute approximate surface area is 176 Å². The summed E-state index contributed by atoms with van der Waals surface area (Å²) in [7, 11) is -3.96. The molecule has 3 N–H and O–H groups in total. The van der Waals surface area contributed by atoms with Crippen LogP contribution in [0.5, 0.6) is 0 Å². The van der Waals surface area contributed by atoms with Gasteiger partial charge in [-0.15, -0.1) is 0 Å². The van der Waals surface area contributed by atoms with Crippen LogP contribution in [0.4, 0.5) is 10.1 Å². The van der Waals surface area contributed by atoms with Crippen LogP contribution in [-0.2, 0) is 10.0 Å². The van der Waals surface area contributed by atoms with Crippen molar-refractivity contribution in [3.05, 3.63) is 94.8 Å². The Morgan fingerprint density at radius 2 is 1.40 bits per heavy atom. The second-order valence-electron chi connectivity index (χ2n) is 6.06. The van der Waals surface area contributed by atoms with E-state index in [0.717, 1.165) is 18.2 Å². The molecule has 0 radical (unpaired) electrons. The number of nitrogens with one attached hydrogen (secondary N) is 3. The fourth-order valence-electron chi connectivity index (χ4n) is 2.40. The highest BCUT2D eigenvalue weighted by Crippen LogP contribution is 2.19. The molecule has 154 valence electrons. The molecule has 10 heteroatoms. The number of anilines is 1. The molecule has 0 bridgehead atoms. The van der Waals surface area contributed by atoms with E-state index < -0.39 is 27.7 Å². The van der Waals surface area contributed by atoms with Crippen molar-refractivity contribution in [2.45, 2.75) is 4.90 Å². The van der Waals surface area contributed by atoms with Crippen molar-refractivity contribution in [2.24, 2.45) is 0 Å². The quantitative estimate of drug-likeness (QED) is 0.521. The summed E-state index contributed by atoms with van der Waals surface area (Å²) in [5, 5.41) is 0.458. The molecule has 0 aromatic heterocycles. The predicted octanol–water partition coefficient (Wildman–Crippen LogP) is 3.35. The molecular weight excluding hydrogens is 433 g/mol. The van der Waals surface area contributed by atoms with Crippen LogP contribution in [0, 0.1) is 5.82 Å². The number of benzene rings is 3. The zero-order valence-electron chi connectivity index (χ0n) is 15.2. The fraction of sp³-hybridized carbons (Fsp3) is 0. The Morgan fingerprint density at radius 1 is 0.800 bits per heavy atom. The Morgan fingerprint density at radius 3 is 2.03 bits per heavy atom. The Hall–Kier alpha value is -3.43. The summed E-state index contributed by atoms with van der Waals surface area (Å²) in [5.41, 5.74) is 4.82. The van der Waals surface area contributed by atoms with E-state index in [9.17, 15) is 22.4 Å². The van der Waals surface area contributed by atoms with Gasteiger partial charge in [-0.05, 0) is 66.7 Å². The number of hydrazine groups is 1. The van der Waals surface area contributed by atoms with Gasteiger partial charge in [-0.2, -0.15) is 0 Å². The van der Waals surface area contributed by atoms with Crippen LogP contribution in [0.3, 0.4) is 0 Å². The summed E-state index contributed by atoms with van der Waals surface area (Å²) >= 11 is 5.79. The zero-order chi connectivity index (χ0) is 21.7. The summed E-state index contributed by atoms with van der Waals surface area (Å²) in [6.45, 7) is 0. The number of hydrogen-bond donors (Lipinski definition) is 3. The van der Waals surface area contributed by atoms with E-state index in [4.69, 9.17) is 11.6 Å². The molecule has 0 atom stereocenters. The first-order valence-electron chi connectivity index (χ1n) is 8.49. The first-order chi connectivity index (χ1) is 14.2. The van der Waals surface area contributed by atoms with E-state index in [1.165, 1.54) is 54.6 Å². The lowest BCUT2D eigenvalue weighted by Crippen LogP contribution is -2.41. The van der Waals surface area contributed by atoms with Gasteiger partial charge in [0.15, 0.2) is 0 Å². The Bertz CT molecular complexity index is 1180. The predicted molar refractivity (Wildman–Crippen MR) is 110 cm³/mol. The molecule has 3 rings (SSSR count). The highest BCUT2D eigenvalue weighted by molar-refractivity contribution is 7.92. The van der Waals surface area contributed by atoms with E-state index in [-0.39, 0.29) is 16.0 Å². The molecule has 0 saturated heterocycles. The van der Waals surface area contributed by atoms with Crippen LogP contribution in [0.15, 0.2) is 77.7 Å². The number of amides is 2. The maximum Gasteiger partial charge on any atom is 0.269 e. The molecule has 0 fully saturated rings. The second kappa shape index (κ2) is 8.93. The van der Waals surface area contributed by atoms with Crippen LogP contribution in [0.2, 0.25) is 5.02 Å². The second-order valence-corrected chi connectivity index (χ2v) is 8.17. The molecule has 3 aromatic rings. The first kappa shape index (κ1) is 21.3. The van der Waals surface area contributed by atoms with E-state index in [0.29, 0.717) is 10.7 Å². The fourth-order valence-corrected chi connectivity index (χ4v) is 3.63. The minimum atomic E-state index is -3.96. The largest absolute Gasteiger partial charge is 0.280 e. The summed E-state index contributed by atoms with van der Waals surface area (Å²) in [4.78, 5) is 24.1. The molecule has 0 heterocycles. The normalized spacial score (nSPS) is 10.9. The number of rotatable bonds is 5. The monoisotopic (exact) mass is 447 g/mol. The summed E-state index contributed by atoms with van der Waals surface area (Å²) < 4.78 is 40.4. The topological polar surface area (TPSA) is 104 Å². The maximum absolute atomic E-state index is 12.9. The van der Waals surface area contributed by atoms with Crippen molar-refractivity contribution in [2.75, 3.05) is 4.72 Å². The SMILES string of the molecule is O=C(NNC(=O)c1cccc(S(=O)(=O)Nc2ccc(Cl)cc2)c1)c1ccc(F)cc1. The number of halogens is 2. The van der Waals surface area contributed by atoms with Crippen molar-refractivity contribution in [3.8, 4) is 0 Å². The summed E-state index contributed by atoms with van der Waals surface area (Å²) in [5.74, 6) is -1.88. The van der Waals surface area contributed by atoms with Crippen LogP contribution < -0.4 is 15.6 Å².